The van der Waals surface area contributed by atoms with Gasteiger partial charge in [-0.05, 0) is 20.8 Å². The van der Waals surface area contributed by atoms with E-state index >= 15 is 0 Å². The lowest BCUT2D eigenvalue weighted by Gasteiger charge is -2.53. The number of aliphatic hydroxyl groups excluding tert-OH is 27. The molecule has 1 unspecified atom stereocenters. The number of hydrogen-bond donors (Lipinski definition) is 29. The summed E-state index contributed by atoms with van der Waals surface area (Å²) >= 11 is 0. The molecule has 0 bridgehead atoms. The third-order valence-corrected chi connectivity index (χ3v) is 21.6. The monoisotopic (exact) mass is 1670 g/mol. The highest BCUT2D eigenvalue weighted by atomic mass is 16.8. The normalized spacial score (nSPS) is 52.5. The maximum atomic E-state index is 13.7. The molecule has 50 nitrogen and oxygen atoms in total. The zero-order chi connectivity index (χ0) is 83.8. The van der Waals surface area contributed by atoms with Crippen molar-refractivity contribution in [2.45, 2.75) is 342 Å². The van der Waals surface area contributed by atoms with Gasteiger partial charge in [0.1, 0.15) is 226 Å². The van der Waals surface area contributed by atoms with Crippen LogP contribution in [0.25, 0.3) is 0 Å². The van der Waals surface area contributed by atoms with E-state index in [0.29, 0.717) is 0 Å². The highest BCUT2D eigenvalue weighted by Crippen LogP contribution is 2.42. The molecule has 10 fully saturated rings. The van der Waals surface area contributed by atoms with Crippen molar-refractivity contribution in [3.63, 3.8) is 0 Å². The highest BCUT2D eigenvalue weighted by molar-refractivity contribution is 5.73. The average Bonchev–Trinajstić information content (AvgIpc) is 0.757. The lowest BCUT2D eigenvalue weighted by Crippen LogP contribution is -2.72. The van der Waals surface area contributed by atoms with Crippen molar-refractivity contribution in [3.8, 4) is 0 Å². The molecule has 0 aromatic rings. The molecule has 0 spiro atoms. The summed E-state index contributed by atoms with van der Waals surface area (Å²) in [6.07, 6.45) is -99.7. The third kappa shape index (κ3) is 19.6. The number of carbonyl (C=O) groups excluding carboxylic acids is 2. The molecule has 50 atom stereocenters. The van der Waals surface area contributed by atoms with Crippen LogP contribution in [0.3, 0.4) is 0 Å². The van der Waals surface area contributed by atoms with Gasteiger partial charge in [0, 0.05) is 13.8 Å². The second-order valence-corrected chi connectivity index (χ2v) is 29.4. The van der Waals surface area contributed by atoms with Crippen LogP contribution in [0.4, 0.5) is 0 Å². The molecule has 0 saturated carbocycles. The summed E-state index contributed by atoms with van der Waals surface area (Å²) in [4.78, 5) is 27.2. The van der Waals surface area contributed by atoms with Crippen molar-refractivity contribution < 1.29 is 237 Å². The molecule has 10 rings (SSSR count). The Morgan fingerprint density at radius 3 is 0.842 bits per heavy atom. The van der Waals surface area contributed by atoms with E-state index in [1.165, 1.54) is 20.8 Å². The Kier molecular flexibility index (Phi) is 32.7. The van der Waals surface area contributed by atoms with Gasteiger partial charge in [0.2, 0.25) is 11.8 Å². The van der Waals surface area contributed by atoms with E-state index in [-0.39, 0.29) is 0 Å². The SMILES string of the molecule is CC(=O)N[C@H]1[C@H](O[C@H]2[C@@H](O)[C@@H](CO)O[C@@H](O[C@H]3[C@H](O)[C@@H](O)C(O)O[C@@H]3CO)[C@@H]2O)O[C@H](CO)[C@@H](O[C@@H]2O[C@H](CO)[C@H](O)[C@H](O[C@@H]3O[C@H](CO)[C@@H](O[C@@H]4O[C@H](CO)[C@H](O)[C@H](O[C@H]5O[C@H](CO)[C@H](O)[C@H](O)[C@H]5O)[C@H]4O[C@@H]4O[C@@H](C)[C@@H](O)[C@@H](O)[C@@H]4O)[C@H](O[C@@H]4O[C@@H](C)[C@@H](O)[C@@H](O)[C@@H]4O)[C@H]3NC(C)=O)[C@H]2O)[C@@H]1O[C@@H]1O[C@@H](C)[C@@H](O)[C@@H](O)[C@@H]1O. The Bertz CT molecular complexity index is 2990. The summed E-state index contributed by atoms with van der Waals surface area (Å²) in [5.41, 5.74) is 0. The zero-order valence-corrected chi connectivity index (χ0v) is 61.5. The van der Waals surface area contributed by atoms with Crippen molar-refractivity contribution in [1.29, 1.82) is 0 Å². The van der Waals surface area contributed by atoms with Crippen LogP contribution < -0.4 is 10.6 Å². The third-order valence-electron chi connectivity index (χ3n) is 21.6. The van der Waals surface area contributed by atoms with Gasteiger partial charge in [0.05, 0.1) is 64.6 Å². The predicted molar refractivity (Wildman–Crippen MR) is 349 cm³/mol. The van der Waals surface area contributed by atoms with E-state index in [4.69, 9.17) is 90.0 Å². The smallest absolute Gasteiger partial charge is 0.217 e. The number of rotatable bonds is 27. The van der Waals surface area contributed by atoms with Crippen molar-refractivity contribution in [2.24, 2.45) is 0 Å². The minimum atomic E-state index is -2.55. The molecule has 29 N–H and O–H groups in total. The number of hydrogen-bond acceptors (Lipinski definition) is 48. The molecule has 0 aliphatic carbocycles. The first kappa shape index (κ1) is 93.4. The van der Waals surface area contributed by atoms with E-state index in [9.17, 15) is 147 Å². The minimum absolute atomic E-state index is 0.899. The maximum absolute atomic E-state index is 13.7. The first-order chi connectivity index (χ1) is 53.9. The number of amides is 2. The van der Waals surface area contributed by atoms with Gasteiger partial charge in [0.25, 0.3) is 0 Å². The van der Waals surface area contributed by atoms with Gasteiger partial charge in [-0.2, -0.15) is 0 Å². The summed E-state index contributed by atoms with van der Waals surface area (Å²) in [5, 5.41) is 305. The van der Waals surface area contributed by atoms with Crippen LogP contribution >= 0.6 is 0 Å². The van der Waals surface area contributed by atoms with Gasteiger partial charge in [-0.25, -0.2) is 0 Å². The van der Waals surface area contributed by atoms with Crippen LogP contribution in [0.1, 0.15) is 34.6 Å². The molecule has 0 aromatic heterocycles. The maximum Gasteiger partial charge on any atom is 0.217 e. The van der Waals surface area contributed by atoms with Crippen LogP contribution in [0.5, 0.6) is 0 Å². The lowest BCUT2D eigenvalue weighted by molar-refractivity contribution is -0.412. The van der Waals surface area contributed by atoms with Gasteiger partial charge in [-0.15, -0.1) is 0 Å². The molecular weight excluding hydrogens is 1560 g/mol. The molecule has 662 valence electrons. The molecule has 114 heavy (non-hydrogen) atoms. The zero-order valence-electron chi connectivity index (χ0n) is 61.5. The summed E-state index contributed by atoms with van der Waals surface area (Å²) in [6.45, 7) is -2.64. The molecule has 10 saturated heterocycles. The number of aliphatic hydroxyl groups is 27. The van der Waals surface area contributed by atoms with E-state index in [1.54, 1.807) is 0 Å². The van der Waals surface area contributed by atoms with Gasteiger partial charge in [-0.1, -0.05) is 0 Å². The lowest BCUT2D eigenvalue weighted by atomic mass is 9.93. The average molecular weight is 1670 g/mol. The van der Waals surface area contributed by atoms with Crippen molar-refractivity contribution in [3.05, 3.63) is 0 Å². The standard InChI is InChI=1S/C64H108N2O48/c1-13-27(76)34(83)40(89)58(96-13)109-49-25(65-16(4)74)56(111-51-31(80)19(7-68)101-62(44(51)93)106-46-22(10-71)99-55(95)39(88)38(46)87)104-23(11-72)47(49)107-63-45(94)52(32(81)20(8-69)102-63)112-57-26(66-17(5)75)50(110-59-41(90)35(84)28(77)14(2)97-59)48(24(12-73)105-57)108-64-54(114-60-42(91)36(85)29(78)15(3)98-60)53(33(82)21(9-70)103-64)113-61-43(92)37(86)30(79)18(6-67)100-61/h13-15,18-64,67-73,76-95H,6-12H2,1-5H3,(H,65,74)(H,66,75)/t13-,14-,15-,18+,19+,20+,21+,22+,23+,24+,25+,26+,27+,28+,29+,30-,31-,32-,33-,34+,35+,36+,37-,38+,39+,40-,41-,42-,43+,44+,45+,46+,47+,48+,49+,50+,51-,52-,53-,54+,55?,56-,57-,58-,59-,60-,61+,62-,63-,64-/m0/s1. The molecule has 0 radical (unpaired) electrons. The highest BCUT2D eigenvalue weighted by Gasteiger charge is 2.63. The van der Waals surface area contributed by atoms with E-state index in [1.807, 2.05) is 0 Å². The molecule has 2 amide bonds. The number of nitrogens with one attached hydrogen (secondary N) is 2. The Morgan fingerprint density at radius 2 is 0.482 bits per heavy atom. The van der Waals surface area contributed by atoms with Gasteiger partial charge >= 0.3 is 0 Å². The van der Waals surface area contributed by atoms with Gasteiger partial charge < -0.3 is 239 Å². The Balaban J connectivity index is 1.01. The van der Waals surface area contributed by atoms with Gasteiger partial charge in [-0.3, -0.25) is 9.59 Å². The molecule has 0 aromatic carbocycles. The molecule has 10 aliphatic rings. The Hall–Kier alpha value is -2.90. The first-order valence-electron chi connectivity index (χ1n) is 36.7. The van der Waals surface area contributed by atoms with Crippen LogP contribution in [0, 0.1) is 0 Å². The Morgan fingerprint density at radius 1 is 0.228 bits per heavy atom. The molecule has 50 heteroatoms. The van der Waals surface area contributed by atoms with E-state index in [2.05, 4.69) is 10.6 Å². The van der Waals surface area contributed by atoms with Gasteiger partial charge in [0.15, 0.2) is 62.9 Å². The number of carbonyl (C=O) groups is 2. The quantitative estimate of drug-likeness (QED) is 0.0363. The van der Waals surface area contributed by atoms with Crippen LogP contribution in [-0.2, 0) is 99.6 Å². The second kappa shape index (κ2) is 40.0. The summed E-state index contributed by atoms with van der Waals surface area (Å²) in [6, 6.07) is -4.17. The van der Waals surface area contributed by atoms with Crippen molar-refractivity contribution in [1.82, 2.24) is 10.6 Å². The predicted octanol–water partition coefficient (Wildman–Crippen LogP) is -19.4. The van der Waals surface area contributed by atoms with Crippen LogP contribution in [-0.4, -0.2) is 503 Å². The molecular formula is C64H108N2O48. The fraction of sp³-hybridized carbons (Fsp3) is 0.969. The van der Waals surface area contributed by atoms with E-state index < -0.39 is 365 Å². The molecule has 10 heterocycles. The summed E-state index contributed by atoms with van der Waals surface area (Å²) in [5.74, 6) is -2.06. The number of ether oxygens (including phenoxy) is 19. The van der Waals surface area contributed by atoms with Crippen molar-refractivity contribution >= 4 is 11.8 Å². The minimum Gasteiger partial charge on any atom is -0.394 e. The van der Waals surface area contributed by atoms with Crippen molar-refractivity contribution in [2.75, 3.05) is 46.2 Å². The fourth-order valence-corrected chi connectivity index (χ4v) is 15.1. The van der Waals surface area contributed by atoms with Crippen LogP contribution in [0.2, 0.25) is 0 Å². The Labute approximate surface area is 646 Å². The van der Waals surface area contributed by atoms with E-state index in [0.717, 1.165) is 13.8 Å². The topological polar surface area (TPSA) is 780 Å². The second-order valence-electron chi connectivity index (χ2n) is 29.4. The largest absolute Gasteiger partial charge is 0.394 e. The summed E-state index contributed by atoms with van der Waals surface area (Å²) in [7, 11) is 0. The first-order valence-corrected chi connectivity index (χ1v) is 36.7. The fourth-order valence-electron chi connectivity index (χ4n) is 15.1. The molecule has 10 aliphatic heterocycles. The summed E-state index contributed by atoms with van der Waals surface area (Å²) < 4.78 is 115. The van der Waals surface area contributed by atoms with Crippen LogP contribution in [0.15, 0.2) is 0 Å².